The number of hydrogen-bond donors (Lipinski definition) is 1. The van der Waals surface area contributed by atoms with Crippen LogP contribution in [0, 0.1) is 6.92 Å². The second-order valence-electron chi connectivity index (χ2n) is 5.06. The number of benzene rings is 1. The Morgan fingerprint density at radius 2 is 2.12 bits per heavy atom. The molecule has 1 saturated heterocycles. The van der Waals surface area contributed by atoms with Gasteiger partial charge in [0.15, 0.2) is 0 Å². The summed E-state index contributed by atoms with van der Waals surface area (Å²) in [4.78, 5) is 2.55. The van der Waals surface area contributed by atoms with Gasteiger partial charge in [0, 0.05) is 22.2 Å². The third kappa shape index (κ3) is 2.30. The molecule has 3 heteroatoms. The zero-order valence-corrected chi connectivity index (χ0v) is 12.4. The van der Waals surface area contributed by atoms with Gasteiger partial charge >= 0.3 is 0 Å². The van der Waals surface area contributed by atoms with Gasteiger partial charge in [-0.05, 0) is 66.7 Å². The fraction of sp³-hybridized carbons (Fsp3) is 0.571. The molecular formula is C14H21BrN2. The highest BCUT2D eigenvalue weighted by atomic mass is 79.9. The molecular weight excluding hydrogens is 276 g/mol. The zero-order valence-electron chi connectivity index (χ0n) is 10.8. The molecule has 2 atom stereocenters. The molecule has 0 spiro atoms. The van der Waals surface area contributed by atoms with Gasteiger partial charge in [-0.1, -0.05) is 6.92 Å². The van der Waals surface area contributed by atoms with E-state index in [0.29, 0.717) is 12.1 Å². The van der Waals surface area contributed by atoms with Crippen LogP contribution in [0.4, 0.5) is 11.4 Å². The summed E-state index contributed by atoms with van der Waals surface area (Å²) in [6, 6.07) is 5.54. The van der Waals surface area contributed by atoms with E-state index in [0.717, 1.165) is 15.7 Å². The fourth-order valence-electron chi connectivity index (χ4n) is 2.79. The summed E-state index contributed by atoms with van der Waals surface area (Å²) in [6.07, 6.45) is 3.79. The van der Waals surface area contributed by atoms with Crippen LogP contribution in [0.1, 0.15) is 38.7 Å². The third-order valence-electron chi connectivity index (χ3n) is 3.87. The van der Waals surface area contributed by atoms with Crippen molar-refractivity contribution < 1.29 is 0 Å². The number of hydrogen-bond acceptors (Lipinski definition) is 2. The van der Waals surface area contributed by atoms with Crippen molar-refractivity contribution in [2.75, 3.05) is 10.6 Å². The molecule has 17 heavy (non-hydrogen) atoms. The van der Waals surface area contributed by atoms with E-state index in [2.05, 4.69) is 47.7 Å². The predicted molar refractivity (Wildman–Crippen MR) is 78.5 cm³/mol. The van der Waals surface area contributed by atoms with Crippen molar-refractivity contribution in [1.29, 1.82) is 0 Å². The molecule has 1 aromatic carbocycles. The summed E-state index contributed by atoms with van der Waals surface area (Å²) in [5.74, 6) is 0. The quantitative estimate of drug-likeness (QED) is 0.832. The number of anilines is 2. The zero-order chi connectivity index (χ0) is 12.6. The number of halogens is 1. The van der Waals surface area contributed by atoms with Gasteiger partial charge in [0.25, 0.3) is 0 Å². The molecule has 2 nitrogen and oxygen atoms in total. The van der Waals surface area contributed by atoms with Crippen molar-refractivity contribution in [1.82, 2.24) is 0 Å². The summed E-state index contributed by atoms with van der Waals surface area (Å²) in [5.41, 5.74) is 9.27. The Labute approximate surface area is 112 Å². The Morgan fingerprint density at radius 1 is 1.41 bits per heavy atom. The van der Waals surface area contributed by atoms with Crippen molar-refractivity contribution in [2.45, 2.75) is 52.1 Å². The summed E-state index contributed by atoms with van der Waals surface area (Å²) in [5, 5.41) is 0. The van der Waals surface area contributed by atoms with E-state index in [4.69, 9.17) is 5.73 Å². The first kappa shape index (κ1) is 12.7. The number of nitrogens with zero attached hydrogens (tertiary/aromatic N) is 1. The summed E-state index contributed by atoms with van der Waals surface area (Å²) < 4.78 is 1.12. The maximum Gasteiger partial charge on any atom is 0.0519 e. The summed E-state index contributed by atoms with van der Waals surface area (Å²) in [6.45, 7) is 6.66. The molecule has 0 radical (unpaired) electrons. The van der Waals surface area contributed by atoms with Crippen LogP contribution < -0.4 is 10.6 Å². The monoisotopic (exact) mass is 296 g/mol. The maximum absolute atomic E-state index is 5.94. The third-order valence-corrected chi connectivity index (χ3v) is 4.51. The molecule has 0 bridgehead atoms. The summed E-state index contributed by atoms with van der Waals surface area (Å²) in [7, 11) is 0. The van der Waals surface area contributed by atoms with E-state index in [-0.39, 0.29) is 0 Å². The van der Waals surface area contributed by atoms with E-state index in [1.165, 1.54) is 24.9 Å². The van der Waals surface area contributed by atoms with Crippen LogP contribution in [0.2, 0.25) is 0 Å². The highest BCUT2D eigenvalue weighted by Gasteiger charge is 2.30. The van der Waals surface area contributed by atoms with Gasteiger partial charge in [-0.25, -0.2) is 0 Å². The highest BCUT2D eigenvalue weighted by Crippen LogP contribution is 2.38. The van der Waals surface area contributed by atoms with Crippen molar-refractivity contribution in [2.24, 2.45) is 0 Å². The van der Waals surface area contributed by atoms with Crippen molar-refractivity contribution in [3.05, 3.63) is 22.2 Å². The van der Waals surface area contributed by atoms with Crippen LogP contribution in [0.3, 0.4) is 0 Å². The van der Waals surface area contributed by atoms with Gasteiger partial charge in [-0.15, -0.1) is 0 Å². The molecule has 0 saturated carbocycles. The van der Waals surface area contributed by atoms with Gasteiger partial charge in [-0.2, -0.15) is 0 Å². The van der Waals surface area contributed by atoms with E-state index >= 15 is 0 Å². The van der Waals surface area contributed by atoms with Gasteiger partial charge in [-0.3, -0.25) is 0 Å². The minimum atomic E-state index is 0.624. The van der Waals surface area contributed by atoms with Crippen molar-refractivity contribution in [3.8, 4) is 0 Å². The van der Waals surface area contributed by atoms with Crippen LogP contribution in [0.15, 0.2) is 16.6 Å². The fourth-order valence-corrected chi connectivity index (χ4v) is 3.35. The average Bonchev–Trinajstić information content (AvgIpc) is 2.65. The Hall–Kier alpha value is -0.700. The molecule has 2 unspecified atom stereocenters. The van der Waals surface area contributed by atoms with Gasteiger partial charge in [0.1, 0.15) is 0 Å². The standard InChI is InChI=1S/C14H21BrN2/c1-4-11-6-5-10(3)17(11)14-7-9(2)13(16)8-12(14)15/h7-8,10-11H,4-6,16H2,1-3H3. The minimum absolute atomic E-state index is 0.624. The van der Waals surface area contributed by atoms with Gasteiger partial charge in [0.05, 0.1) is 5.69 Å². The van der Waals surface area contributed by atoms with E-state index < -0.39 is 0 Å². The van der Waals surface area contributed by atoms with Crippen LogP contribution in [-0.4, -0.2) is 12.1 Å². The van der Waals surface area contributed by atoms with E-state index in [1.807, 2.05) is 6.07 Å². The smallest absolute Gasteiger partial charge is 0.0519 e. The first-order valence-corrected chi connectivity index (χ1v) is 7.17. The van der Waals surface area contributed by atoms with Gasteiger partial charge in [0.2, 0.25) is 0 Å². The first-order valence-electron chi connectivity index (χ1n) is 6.38. The number of nitrogen functional groups attached to an aromatic ring is 1. The molecule has 0 aliphatic carbocycles. The van der Waals surface area contributed by atoms with E-state index in [1.54, 1.807) is 0 Å². The Morgan fingerprint density at radius 3 is 2.76 bits per heavy atom. The lowest BCUT2D eigenvalue weighted by Gasteiger charge is -2.31. The molecule has 1 fully saturated rings. The predicted octanol–water partition coefficient (Wildman–Crippen LogP) is 4.11. The van der Waals surface area contributed by atoms with E-state index in [9.17, 15) is 0 Å². The lowest BCUT2D eigenvalue weighted by Crippen LogP contribution is -2.34. The number of aryl methyl sites for hydroxylation is 1. The van der Waals surface area contributed by atoms with Crippen molar-refractivity contribution >= 4 is 27.3 Å². The van der Waals surface area contributed by atoms with Crippen LogP contribution >= 0.6 is 15.9 Å². The van der Waals surface area contributed by atoms with Crippen LogP contribution in [-0.2, 0) is 0 Å². The largest absolute Gasteiger partial charge is 0.398 e. The molecule has 94 valence electrons. The maximum atomic E-state index is 5.94. The normalized spacial score (nSPS) is 24.4. The molecule has 2 N–H and O–H groups in total. The highest BCUT2D eigenvalue weighted by molar-refractivity contribution is 9.10. The topological polar surface area (TPSA) is 29.3 Å². The minimum Gasteiger partial charge on any atom is -0.398 e. The lowest BCUT2D eigenvalue weighted by atomic mass is 10.1. The molecule has 1 aliphatic rings. The number of rotatable bonds is 2. The first-order chi connectivity index (χ1) is 8.04. The number of nitrogens with two attached hydrogens (primary N) is 1. The van der Waals surface area contributed by atoms with Crippen LogP contribution in [0.25, 0.3) is 0 Å². The SMILES string of the molecule is CCC1CCC(C)N1c1cc(C)c(N)cc1Br. The molecule has 0 aromatic heterocycles. The van der Waals surface area contributed by atoms with Crippen molar-refractivity contribution in [3.63, 3.8) is 0 Å². The second-order valence-corrected chi connectivity index (χ2v) is 5.91. The average molecular weight is 297 g/mol. The Bertz CT molecular complexity index is 417. The molecule has 0 amide bonds. The van der Waals surface area contributed by atoms with Gasteiger partial charge < -0.3 is 10.6 Å². The Kier molecular flexibility index (Phi) is 3.67. The molecule has 1 heterocycles. The summed E-state index contributed by atoms with van der Waals surface area (Å²) >= 11 is 3.65. The van der Waals surface area contributed by atoms with Crippen LogP contribution in [0.5, 0.6) is 0 Å². The Balaban J connectivity index is 2.42. The second kappa shape index (κ2) is 4.89. The lowest BCUT2D eigenvalue weighted by molar-refractivity contribution is 0.627. The molecule has 1 aromatic rings. The molecule has 1 aliphatic heterocycles. The molecule has 2 rings (SSSR count).